The second kappa shape index (κ2) is 10.7. The van der Waals surface area contributed by atoms with E-state index in [4.69, 9.17) is 30.3 Å². The molecule has 1 aliphatic rings. The number of anilines is 2. The molecule has 1 atom stereocenters. The Labute approximate surface area is 198 Å². The van der Waals surface area contributed by atoms with Crippen LogP contribution in [-0.4, -0.2) is 54.8 Å². The molecule has 0 aliphatic carbocycles. The number of nitrogens with one attached hydrogen (secondary N) is 2. The quantitative estimate of drug-likeness (QED) is 0.266. The van der Waals surface area contributed by atoms with Crippen LogP contribution >= 0.6 is 0 Å². The molecule has 1 aromatic carbocycles. The Balaban J connectivity index is 1.77. The fourth-order valence-electron chi connectivity index (χ4n) is 3.81. The highest BCUT2D eigenvalue weighted by Crippen LogP contribution is 2.35. The second-order valence-electron chi connectivity index (χ2n) is 8.09. The van der Waals surface area contributed by atoms with Crippen LogP contribution in [0.3, 0.4) is 0 Å². The predicted octanol–water partition coefficient (Wildman–Crippen LogP) is 2.98. The molecule has 3 heterocycles. The Morgan fingerprint density at radius 2 is 2.06 bits per heavy atom. The lowest BCUT2D eigenvalue weighted by Gasteiger charge is -2.22. The van der Waals surface area contributed by atoms with Gasteiger partial charge in [-0.2, -0.15) is 0 Å². The van der Waals surface area contributed by atoms with Gasteiger partial charge in [-0.1, -0.05) is 12.1 Å². The van der Waals surface area contributed by atoms with Gasteiger partial charge in [0, 0.05) is 25.5 Å². The molecule has 3 aromatic rings. The summed E-state index contributed by atoms with van der Waals surface area (Å²) >= 11 is 0. The highest BCUT2D eigenvalue weighted by Gasteiger charge is 2.34. The smallest absolute Gasteiger partial charge is 0.130 e. The zero-order valence-electron chi connectivity index (χ0n) is 19.1. The summed E-state index contributed by atoms with van der Waals surface area (Å²) in [6.07, 6.45) is 1.94. The Kier molecular flexibility index (Phi) is 7.49. The van der Waals surface area contributed by atoms with Crippen LogP contribution in [0.1, 0.15) is 23.4 Å². The van der Waals surface area contributed by atoms with Crippen molar-refractivity contribution >= 4 is 17.7 Å². The number of hydrogen-bond acceptors (Lipinski definition) is 9. The molecule has 5 N–H and O–H groups in total. The number of rotatable bonds is 10. The number of benzene rings is 1. The van der Waals surface area contributed by atoms with E-state index in [1.54, 1.807) is 25.3 Å². The number of methoxy groups -OCH3 is 1. The van der Waals surface area contributed by atoms with Crippen LogP contribution in [0.5, 0.6) is 5.75 Å². The summed E-state index contributed by atoms with van der Waals surface area (Å²) in [7, 11) is 1.61. The van der Waals surface area contributed by atoms with Gasteiger partial charge < -0.3 is 35.8 Å². The summed E-state index contributed by atoms with van der Waals surface area (Å²) in [5, 5.41) is 20.7. The summed E-state index contributed by atoms with van der Waals surface area (Å²) in [5.41, 5.74) is 9.95. The number of ether oxygens (including phenoxy) is 3. The van der Waals surface area contributed by atoms with E-state index in [9.17, 15) is 5.11 Å². The number of aromatic nitrogens is 2. The molecule has 4 rings (SSSR count). The molecule has 2 aromatic heterocycles. The third kappa shape index (κ3) is 5.23. The minimum absolute atomic E-state index is 0.167. The van der Waals surface area contributed by atoms with Crippen LogP contribution in [0.15, 0.2) is 48.5 Å². The molecule has 9 heteroatoms. The van der Waals surface area contributed by atoms with Gasteiger partial charge in [-0.25, -0.2) is 4.98 Å². The monoisotopic (exact) mass is 463 g/mol. The van der Waals surface area contributed by atoms with Crippen molar-refractivity contribution in [2.45, 2.75) is 18.6 Å². The van der Waals surface area contributed by atoms with Gasteiger partial charge in [0.05, 0.1) is 53.7 Å². The van der Waals surface area contributed by atoms with Gasteiger partial charge in [-0.15, -0.1) is 0 Å². The third-order valence-corrected chi connectivity index (χ3v) is 5.67. The SMILES string of the molecule is COCCOc1cc(-c2cccc(C3(N)CCOC3)n2)cc(Nc2cccc(CO)n2)c1C=N. The van der Waals surface area contributed by atoms with Crippen LogP contribution in [0.4, 0.5) is 11.5 Å². The number of aliphatic hydroxyl groups is 1. The minimum atomic E-state index is -0.613. The first-order valence-electron chi connectivity index (χ1n) is 11.0. The lowest BCUT2D eigenvalue weighted by atomic mass is 9.94. The van der Waals surface area contributed by atoms with Crippen molar-refractivity contribution in [1.29, 1.82) is 5.41 Å². The lowest BCUT2D eigenvalue weighted by molar-refractivity contribution is 0.146. The van der Waals surface area contributed by atoms with Crippen molar-refractivity contribution in [2.75, 3.05) is 38.9 Å². The molecule has 9 nitrogen and oxygen atoms in total. The average molecular weight is 464 g/mol. The van der Waals surface area contributed by atoms with Crippen molar-refractivity contribution in [2.24, 2.45) is 5.73 Å². The number of nitrogens with zero attached hydrogens (tertiary/aromatic N) is 2. The first kappa shape index (κ1) is 23.8. The first-order chi connectivity index (χ1) is 16.6. The Morgan fingerprint density at radius 3 is 2.79 bits per heavy atom. The van der Waals surface area contributed by atoms with Crippen LogP contribution in [0.2, 0.25) is 0 Å². The van der Waals surface area contributed by atoms with E-state index in [2.05, 4.69) is 10.3 Å². The molecule has 1 saturated heterocycles. The van der Waals surface area contributed by atoms with Gasteiger partial charge in [0.25, 0.3) is 0 Å². The van der Waals surface area contributed by atoms with E-state index in [1.165, 1.54) is 6.21 Å². The third-order valence-electron chi connectivity index (χ3n) is 5.67. The Hall–Kier alpha value is -3.37. The maximum Gasteiger partial charge on any atom is 0.130 e. The van der Waals surface area contributed by atoms with E-state index in [0.717, 1.165) is 17.0 Å². The van der Waals surface area contributed by atoms with E-state index in [1.807, 2.05) is 30.3 Å². The van der Waals surface area contributed by atoms with Crippen molar-refractivity contribution in [3.8, 4) is 17.0 Å². The van der Waals surface area contributed by atoms with E-state index in [0.29, 0.717) is 61.4 Å². The van der Waals surface area contributed by atoms with Crippen molar-refractivity contribution in [3.05, 3.63) is 65.5 Å². The van der Waals surface area contributed by atoms with Gasteiger partial charge in [-0.3, -0.25) is 4.98 Å². The molecule has 0 amide bonds. The molecular formula is C25H29N5O4. The highest BCUT2D eigenvalue weighted by molar-refractivity contribution is 5.93. The molecule has 0 saturated carbocycles. The maximum absolute atomic E-state index is 9.44. The molecular weight excluding hydrogens is 434 g/mol. The standard InChI is InChI=1S/C25H29N5O4/c1-32-10-11-34-22-13-17(20-5-3-6-23(29-20)25(27)8-9-33-16-25)12-21(19(22)14-26)30-24-7-2-4-18(15-31)28-24/h2-7,12-14,26,31H,8-11,15-16,27H2,1H3,(H,28,30). The fourth-order valence-corrected chi connectivity index (χ4v) is 3.81. The molecule has 34 heavy (non-hydrogen) atoms. The van der Waals surface area contributed by atoms with Gasteiger partial charge in [0.1, 0.15) is 18.2 Å². The van der Waals surface area contributed by atoms with Gasteiger partial charge in [0.2, 0.25) is 0 Å². The second-order valence-corrected chi connectivity index (χ2v) is 8.09. The molecule has 0 bridgehead atoms. The topological polar surface area (TPSA) is 136 Å². The Morgan fingerprint density at radius 1 is 1.21 bits per heavy atom. The number of nitrogens with two attached hydrogens (primary N) is 1. The van der Waals surface area contributed by atoms with Crippen LogP contribution in [-0.2, 0) is 21.6 Å². The number of hydrogen-bond donors (Lipinski definition) is 4. The molecule has 1 unspecified atom stereocenters. The molecule has 0 radical (unpaired) electrons. The predicted molar refractivity (Wildman–Crippen MR) is 130 cm³/mol. The van der Waals surface area contributed by atoms with Gasteiger partial charge >= 0.3 is 0 Å². The van der Waals surface area contributed by atoms with Crippen molar-refractivity contribution in [3.63, 3.8) is 0 Å². The average Bonchev–Trinajstić information content (AvgIpc) is 3.32. The van der Waals surface area contributed by atoms with Crippen LogP contribution in [0.25, 0.3) is 11.3 Å². The number of aliphatic hydroxyl groups excluding tert-OH is 1. The normalized spacial score (nSPS) is 17.5. The molecule has 1 fully saturated rings. The minimum Gasteiger partial charge on any atom is -0.490 e. The molecule has 1 aliphatic heterocycles. The van der Waals surface area contributed by atoms with E-state index < -0.39 is 5.54 Å². The highest BCUT2D eigenvalue weighted by atomic mass is 16.5. The summed E-state index contributed by atoms with van der Waals surface area (Å²) < 4.78 is 16.6. The first-order valence-corrected chi connectivity index (χ1v) is 11.0. The number of pyridine rings is 2. The molecule has 178 valence electrons. The fraction of sp³-hybridized carbons (Fsp3) is 0.320. The zero-order valence-corrected chi connectivity index (χ0v) is 19.1. The van der Waals surface area contributed by atoms with Crippen LogP contribution < -0.4 is 15.8 Å². The van der Waals surface area contributed by atoms with Crippen molar-refractivity contribution < 1.29 is 19.3 Å². The van der Waals surface area contributed by atoms with E-state index in [-0.39, 0.29) is 6.61 Å². The maximum atomic E-state index is 9.44. The lowest BCUT2D eigenvalue weighted by Crippen LogP contribution is -2.38. The largest absolute Gasteiger partial charge is 0.490 e. The summed E-state index contributed by atoms with van der Waals surface area (Å²) in [6.45, 7) is 1.62. The van der Waals surface area contributed by atoms with Crippen molar-refractivity contribution in [1.82, 2.24) is 9.97 Å². The van der Waals surface area contributed by atoms with Gasteiger partial charge in [0.15, 0.2) is 0 Å². The summed E-state index contributed by atoms with van der Waals surface area (Å²) in [5.74, 6) is 1.06. The molecule has 0 spiro atoms. The van der Waals surface area contributed by atoms with Gasteiger partial charge in [-0.05, 0) is 42.8 Å². The van der Waals surface area contributed by atoms with Crippen LogP contribution in [0, 0.1) is 5.41 Å². The van der Waals surface area contributed by atoms with E-state index >= 15 is 0 Å². The summed E-state index contributed by atoms with van der Waals surface area (Å²) in [4.78, 5) is 9.25. The Bertz CT molecular complexity index is 1150. The zero-order chi connectivity index (χ0) is 24.0. The summed E-state index contributed by atoms with van der Waals surface area (Å²) in [6, 6.07) is 14.9.